The number of hydrogen-bond donors (Lipinski definition) is 1. The first kappa shape index (κ1) is 11.6. The number of hydrogen-bond acceptors (Lipinski definition) is 3. The van der Waals surface area contributed by atoms with Crippen LogP contribution in [-0.2, 0) is 0 Å². The fourth-order valence-corrected chi connectivity index (χ4v) is 2.32. The number of pyridine rings is 1. The Morgan fingerprint density at radius 1 is 1.11 bits per heavy atom. The number of aromatic nitrogens is 3. The van der Waals surface area contributed by atoms with Crippen molar-refractivity contribution in [1.82, 2.24) is 15.2 Å². The lowest BCUT2D eigenvalue weighted by atomic mass is 10.0. The van der Waals surface area contributed by atoms with Gasteiger partial charge in [0.15, 0.2) is 0 Å². The molecule has 0 fully saturated rings. The number of rotatable bonds is 1. The minimum atomic E-state index is -0.249. The Morgan fingerprint density at radius 3 is 2.58 bits per heavy atom. The van der Waals surface area contributed by atoms with Gasteiger partial charge in [0.25, 0.3) is 5.56 Å². The Hall–Kier alpha value is -2.49. The van der Waals surface area contributed by atoms with Gasteiger partial charge < -0.3 is 0 Å². The number of benzene rings is 1. The van der Waals surface area contributed by atoms with Crippen molar-refractivity contribution in [3.05, 3.63) is 58.0 Å². The number of nitrogens with one attached hydrogen (secondary N) is 1. The Labute approximate surface area is 110 Å². The molecule has 4 heteroatoms. The van der Waals surface area contributed by atoms with E-state index in [0.717, 1.165) is 27.9 Å². The molecule has 4 nitrogen and oxygen atoms in total. The minimum absolute atomic E-state index is 0.249. The summed E-state index contributed by atoms with van der Waals surface area (Å²) in [5.74, 6) is 0. The summed E-state index contributed by atoms with van der Waals surface area (Å²) in [4.78, 5) is 16.2. The summed E-state index contributed by atoms with van der Waals surface area (Å²) in [6, 6.07) is 11.8. The zero-order valence-electron chi connectivity index (χ0n) is 10.8. The molecule has 94 valence electrons. The molecule has 3 rings (SSSR count). The first-order valence-electron chi connectivity index (χ1n) is 6.09. The number of aromatic amines is 1. The largest absolute Gasteiger partial charge is 0.290 e. The van der Waals surface area contributed by atoms with E-state index in [9.17, 15) is 4.79 Å². The van der Waals surface area contributed by atoms with Crippen LogP contribution in [0.4, 0.5) is 0 Å². The van der Waals surface area contributed by atoms with Gasteiger partial charge in [-0.3, -0.25) is 4.79 Å². The predicted molar refractivity (Wildman–Crippen MR) is 75.1 cm³/mol. The molecule has 0 saturated heterocycles. The molecule has 0 amide bonds. The summed E-state index contributed by atoms with van der Waals surface area (Å²) in [6.07, 6.45) is 0. The zero-order chi connectivity index (χ0) is 13.4. The summed E-state index contributed by atoms with van der Waals surface area (Å²) in [6.45, 7) is 3.86. The van der Waals surface area contributed by atoms with Crippen molar-refractivity contribution in [1.29, 1.82) is 0 Å². The molecule has 0 radical (unpaired) electrons. The van der Waals surface area contributed by atoms with Crippen molar-refractivity contribution < 1.29 is 0 Å². The molecule has 1 N–H and O–H groups in total. The van der Waals surface area contributed by atoms with Gasteiger partial charge in [-0.1, -0.05) is 30.3 Å². The van der Waals surface area contributed by atoms with Gasteiger partial charge in [0.1, 0.15) is 11.2 Å². The number of aryl methyl sites for hydroxylation is 2. The van der Waals surface area contributed by atoms with E-state index >= 15 is 0 Å². The highest BCUT2D eigenvalue weighted by Gasteiger charge is 2.12. The molecule has 0 spiro atoms. The predicted octanol–water partition coefficient (Wildman–Crippen LogP) is 2.60. The van der Waals surface area contributed by atoms with Gasteiger partial charge in [-0.25, -0.2) is 10.1 Å². The molecular formula is C15H13N3O. The Kier molecular flexibility index (Phi) is 2.63. The lowest BCUT2D eigenvalue weighted by Crippen LogP contribution is -2.12. The van der Waals surface area contributed by atoms with Crippen molar-refractivity contribution in [2.75, 3.05) is 0 Å². The van der Waals surface area contributed by atoms with Gasteiger partial charge >= 0.3 is 0 Å². The van der Waals surface area contributed by atoms with Crippen molar-refractivity contribution in [3.8, 4) is 11.3 Å². The second-order valence-electron chi connectivity index (χ2n) is 4.57. The standard InChI is InChI=1S/C15H13N3O/c1-9-8-10(2)16-14-12(9)13(17-18-15(14)19)11-6-4-3-5-7-11/h3-8H,1-2H3,(H,18,19). The highest BCUT2D eigenvalue weighted by Crippen LogP contribution is 2.26. The number of nitrogens with zero attached hydrogens (tertiary/aromatic N) is 2. The normalized spacial score (nSPS) is 10.8. The van der Waals surface area contributed by atoms with Crippen LogP contribution in [0.3, 0.4) is 0 Å². The highest BCUT2D eigenvalue weighted by molar-refractivity contribution is 5.94. The van der Waals surface area contributed by atoms with Gasteiger partial charge in [0.2, 0.25) is 0 Å². The smallest absolute Gasteiger partial charge is 0.266 e. The van der Waals surface area contributed by atoms with Crippen molar-refractivity contribution in [2.45, 2.75) is 13.8 Å². The summed E-state index contributed by atoms with van der Waals surface area (Å²) in [7, 11) is 0. The van der Waals surface area contributed by atoms with Crippen LogP contribution < -0.4 is 5.56 Å². The molecule has 0 aliphatic heterocycles. The van der Waals surface area contributed by atoms with E-state index in [2.05, 4.69) is 15.2 Å². The maximum absolute atomic E-state index is 11.9. The van der Waals surface area contributed by atoms with E-state index < -0.39 is 0 Å². The molecule has 19 heavy (non-hydrogen) atoms. The number of fused-ring (bicyclic) bond motifs is 1. The van der Waals surface area contributed by atoms with Crippen LogP contribution in [0.2, 0.25) is 0 Å². The van der Waals surface area contributed by atoms with E-state index in [-0.39, 0.29) is 5.56 Å². The molecule has 3 aromatic rings. The first-order valence-corrected chi connectivity index (χ1v) is 6.09. The number of H-pyrrole nitrogens is 1. The van der Waals surface area contributed by atoms with Gasteiger partial charge in [-0.2, -0.15) is 5.10 Å². The molecule has 0 aliphatic rings. The third-order valence-electron chi connectivity index (χ3n) is 3.11. The molecule has 1 aromatic carbocycles. The molecule has 0 saturated carbocycles. The third-order valence-corrected chi connectivity index (χ3v) is 3.11. The van der Waals surface area contributed by atoms with Crippen LogP contribution in [0, 0.1) is 13.8 Å². The first-order chi connectivity index (χ1) is 9.16. The Balaban J connectivity index is 2.46. The van der Waals surface area contributed by atoms with E-state index in [0.29, 0.717) is 5.52 Å². The second kappa shape index (κ2) is 4.31. The van der Waals surface area contributed by atoms with E-state index in [1.54, 1.807) is 0 Å². The van der Waals surface area contributed by atoms with Crippen molar-refractivity contribution in [3.63, 3.8) is 0 Å². The zero-order valence-corrected chi connectivity index (χ0v) is 10.8. The molecular weight excluding hydrogens is 238 g/mol. The van der Waals surface area contributed by atoms with Crippen LogP contribution in [-0.4, -0.2) is 15.2 Å². The van der Waals surface area contributed by atoms with Gasteiger partial charge in [0, 0.05) is 16.6 Å². The van der Waals surface area contributed by atoms with Crippen molar-refractivity contribution >= 4 is 10.9 Å². The van der Waals surface area contributed by atoms with E-state index in [1.807, 2.05) is 50.2 Å². The average Bonchev–Trinajstić information content (AvgIpc) is 2.41. The fourth-order valence-electron chi connectivity index (χ4n) is 2.32. The highest BCUT2D eigenvalue weighted by atomic mass is 16.1. The summed E-state index contributed by atoms with van der Waals surface area (Å²) in [5.41, 5.74) is 3.78. The monoisotopic (exact) mass is 251 g/mol. The molecule has 0 aliphatic carbocycles. The van der Waals surface area contributed by atoms with Gasteiger partial charge in [-0.05, 0) is 25.5 Å². The lowest BCUT2D eigenvalue weighted by Gasteiger charge is -2.08. The molecule has 2 aromatic heterocycles. The second-order valence-corrected chi connectivity index (χ2v) is 4.57. The fraction of sp³-hybridized carbons (Fsp3) is 0.133. The molecule has 0 atom stereocenters. The molecule has 0 bridgehead atoms. The SMILES string of the molecule is Cc1cc(C)c2c(-c3ccccc3)n[nH]c(=O)c2n1. The topological polar surface area (TPSA) is 58.6 Å². The average molecular weight is 251 g/mol. The van der Waals surface area contributed by atoms with E-state index in [1.165, 1.54) is 0 Å². The minimum Gasteiger partial charge on any atom is -0.266 e. The molecule has 0 unspecified atom stereocenters. The quantitative estimate of drug-likeness (QED) is 0.723. The maximum Gasteiger partial charge on any atom is 0.290 e. The van der Waals surface area contributed by atoms with Crippen molar-refractivity contribution in [2.24, 2.45) is 0 Å². The Bertz CT molecular complexity index is 807. The van der Waals surface area contributed by atoms with Crippen LogP contribution in [0.25, 0.3) is 22.2 Å². The third kappa shape index (κ3) is 1.91. The van der Waals surface area contributed by atoms with Crippen LogP contribution >= 0.6 is 0 Å². The summed E-state index contributed by atoms with van der Waals surface area (Å²) < 4.78 is 0. The summed E-state index contributed by atoms with van der Waals surface area (Å²) >= 11 is 0. The van der Waals surface area contributed by atoms with Crippen LogP contribution in [0.5, 0.6) is 0 Å². The van der Waals surface area contributed by atoms with Gasteiger partial charge in [0.05, 0.1) is 0 Å². The summed E-state index contributed by atoms with van der Waals surface area (Å²) in [5, 5.41) is 7.54. The van der Waals surface area contributed by atoms with Crippen LogP contribution in [0.15, 0.2) is 41.2 Å². The van der Waals surface area contributed by atoms with E-state index in [4.69, 9.17) is 0 Å². The lowest BCUT2D eigenvalue weighted by molar-refractivity contribution is 1.00. The van der Waals surface area contributed by atoms with Crippen LogP contribution in [0.1, 0.15) is 11.3 Å². The Morgan fingerprint density at radius 2 is 1.84 bits per heavy atom. The maximum atomic E-state index is 11.9. The molecule has 2 heterocycles. The van der Waals surface area contributed by atoms with Gasteiger partial charge in [-0.15, -0.1) is 0 Å².